The summed E-state index contributed by atoms with van der Waals surface area (Å²) >= 11 is 5.93. The molecular formula is C25H28ClN3O2. The Morgan fingerprint density at radius 2 is 1.61 bits per heavy atom. The average Bonchev–Trinajstić information content (AvgIpc) is 3.28. The van der Waals surface area contributed by atoms with Crippen LogP contribution in [0.15, 0.2) is 71.1 Å². The topological polar surface area (TPSA) is 48.7 Å². The quantitative estimate of drug-likeness (QED) is 0.577. The molecule has 0 aliphatic carbocycles. The lowest BCUT2D eigenvalue weighted by Crippen LogP contribution is -2.49. The highest BCUT2D eigenvalue weighted by Gasteiger charge is 2.18. The number of carbonyl (C=O) groups is 1. The molecular weight excluding hydrogens is 410 g/mol. The van der Waals surface area contributed by atoms with Gasteiger partial charge in [0.05, 0.1) is 13.1 Å². The van der Waals surface area contributed by atoms with Crippen molar-refractivity contribution in [1.29, 1.82) is 0 Å². The molecule has 0 bridgehead atoms. The van der Waals surface area contributed by atoms with Gasteiger partial charge in [-0.05, 0) is 48.4 Å². The Morgan fingerprint density at radius 3 is 2.35 bits per heavy atom. The average molecular weight is 438 g/mol. The van der Waals surface area contributed by atoms with E-state index in [0.717, 1.165) is 56.2 Å². The molecule has 0 spiro atoms. The van der Waals surface area contributed by atoms with Crippen molar-refractivity contribution in [2.75, 3.05) is 39.3 Å². The first-order valence-electron chi connectivity index (χ1n) is 10.8. The zero-order valence-corrected chi connectivity index (χ0v) is 18.4. The van der Waals surface area contributed by atoms with Gasteiger partial charge in [-0.3, -0.25) is 9.69 Å². The van der Waals surface area contributed by atoms with Crippen LogP contribution in [-0.2, 0) is 17.8 Å². The van der Waals surface area contributed by atoms with E-state index in [2.05, 4.69) is 45.4 Å². The van der Waals surface area contributed by atoms with Gasteiger partial charge in [-0.2, -0.15) is 0 Å². The number of piperazine rings is 1. The number of nitrogens with zero attached hydrogens (tertiary/aromatic N) is 2. The molecule has 5 nitrogen and oxygen atoms in total. The van der Waals surface area contributed by atoms with E-state index in [4.69, 9.17) is 16.0 Å². The fourth-order valence-electron chi connectivity index (χ4n) is 3.79. The monoisotopic (exact) mass is 437 g/mol. The van der Waals surface area contributed by atoms with Crippen LogP contribution in [0.4, 0.5) is 0 Å². The van der Waals surface area contributed by atoms with Crippen LogP contribution in [0.5, 0.6) is 0 Å². The highest BCUT2D eigenvalue weighted by Crippen LogP contribution is 2.23. The van der Waals surface area contributed by atoms with Crippen molar-refractivity contribution in [3.8, 4) is 11.3 Å². The highest BCUT2D eigenvalue weighted by molar-refractivity contribution is 6.30. The largest absolute Gasteiger partial charge is 0.459 e. The number of hydrogen-bond acceptors (Lipinski definition) is 4. The molecule has 2 heterocycles. The number of benzene rings is 2. The fraction of sp³-hybridized carbons (Fsp3) is 0.320. The van der Waals surface area contributed by atoms with Crippen molar-refractivity contribution in [2.24, 2.45) is 0 Å². The van der Waals surface area contributed by atoms with Crippen LogP contribution in [0.1, 0.15) is 11.3 Å². The summed E-state index contributed by atoms with van der Waals surface area (Å²) in [5.74, 6) is 1.54. The lowest BCUT2D eigenvalue weighted by Gasteiger charge is -2.34. The van der Waals surface area contributed by atoms with E-state index in [0.29, 0.717) is 18.1 Å². The maximum atomic E-state index is 12.4. The minimum Gasteiger partial charge on any atom is -0.459 e. The number of nitrogens with one attached hydrogen (secondary N) is 1. The molecule has 4 rings (SSSR count). The summed E-state index contributed by atoms with van der Waals surface area (Å²) in [5.41, 5.74) is 2.34. The molecule has 0 unspecified atom stereocenters. The lowest BCUT2D eigenvalue weighted by molar-refractivity contribution is -0.122. The van der Waals surface area contributed by atoms with E-state index in [1.54, 1.807) is 0 Å². The molecule has 1 N–H and O–H groups in total. The summed E-state index contributed by atoms with van der Waals surface area (Å²) in [5, 5.41) is 3.66. The van der Waals surface area contributed by atoms with Gasteiger partial charge in [0.1, 0.15) is 11.5 Å². The van der Waals surface area contributed by atoms with Gasteiger partial charge < -0.3 is 14.6 Å². The molecule has 162 valence electrons. The Bertz CT molecular complexity index is 964. The van der Waals surface area contributed by atoms with Crippen LogP contribution in [0.2, 0.25) is 5.02 Å². The van der Waals surface area contributed by atoms with Gasteiger partial charge in [0.25, 0.3) is 0 Å². The molecule has 3 aromatic rings. The fourth-order valence-corrected chi connectivity index (χ4v) is 3.92. The van der Waals surface area contributed by atoms with Crippen LogP contribution < -0.4 is 5.32 Å². The standard InChI is InChI=1S/C25H28ClN3O2/c26-22-8-6-21(7-9-22)24-11-10-23(31-24)18-27-25(30)19-29-16-14-28(15-17-29)13-12-20-4-2-1-3-5-20/h1-11H,12-19H2,(H,27,30). The second-order valence-corrected chi connectivity index (χ2v) is 8.34. The Labute approximate surface area is 188 Å². The molecule has 31 heavy (non-hydrogen) atoms. The van der Waals surface area contributed by atoms with Crippen molar-refractivity contribution in [3.05, 3.63) is 83.1 Å². The maximum absolute atomic E-state index is 12.4. The van der Waals surface area contributed by atoms with Crippen LogP contribution >= 0.6 is 11.6 Å². The zero-order chi connectivity index (χ0) is 21.5. The molecule has 1 aliphatic heterocycles. The number of carbonyl (C=O) groups excluding carboxylic acids is 1. The van der Waals surface area contributed by atoms with Crippen molar-refractivity contribution < 1.29 is 9.21 Å². The Balaban J connectivity index is 1.16. The molecule has 1 fully saturated rings. The van der Waals surface area contributed by atoms with Crippen molar-refractivity contribution in [1.82, 2.24) is 15.1 Å². The van der Waals surface area contributed by atoms with E-state index < -0.39 is 0 Å². The second kappa shape index (κ2) is 10.6. The van der Waals surface area contributed by atoms with E-state index >= 15 is 0 Å². The van der Waals surface area contributed by atoms with Crippen LogP contribution in [-0.4, -0.2) is 55.0 Å². The van der Waals surface area contributed by atoms with Crippen molar-refractivity contribution >= 4 is 17.5 Å². The molecule has 1 amide bonds. The number of rotatable bonds is 8. The lowest BCUT2D eigenvalue weighted by atomic mass is 10.1. The van der Waals surface area contributed by atoms with E-state index in [1.165, 1.54) is 5.56 Å². The molecule has 1 aromatic heterocycles. The van der Waals surface area contributed by atoms with E-state index in [1.807, 2.05) is 36.4 Å². The van der Waals surface area contributed by atoms with Crippen molar-refractivity contribution in [3.63, 3.8) is 0 Å². The third-order valence-corrected chi connectivity index (χ3v) is 5.89. The summed E-state index contributed by atoms with van der Waals surface area (Å²) in [7, 11) is 0. The van der Waals surface area contributed by atoms with E-state index in [-0.39, 0.29) is 5.91 Å². The van der Waals surface area contributed by atoms with Gasteiger partial charge >= 0.3 is 0 Å². The zero-order valence-electron chi connectivity index (χ0n) is 17.6. The van der Waals surface area contributed by atoms with E-state index in [9.17, 15) is 4.79 Å². The van der Waals surface area contributed by atoms with Gasteiger partial charge in [0, 0.05) is 43.3 Å². The first kappa shape index (κ1) is 21.6. The van der Waals surface area contributed by atoms with Crippen LogP contribution in [0, 0.1) is 0 Å². The number of halogens is 1. The minimum atomic E-state index is 0.0298. The third-order valence-electron chi connectivity index (χ3n) is 5.64. The summed E-state index contributed by atoms with van der Waals surface area (Å²) in [6.07, 6.45) is 1.07. The molecule has 0 radical (unpaired) electrons. The summed E-state index contributed by atoms with van der Waals surface area (Å²) in [4.78, 5) is 17.1. The summed E-state index contributed by atoms with van der Waals surface area (Å²) < 4.78 is 5.85. The Morgan fingerprint density at radius 1 is 0.903 bits per heavy atom. The van der Waals surface area contributed by atoms with Gasteiger partial charge in [-0.25, -0.2) is 0 Å². The summed E-state index contributed by atoms with van der Waals surface area (Å²) in [6, 6.07) is 21.9. The smallest absolute Gasteiger partial charge is 0.234 e. The normalized spacial score (nSPS) is 15.1. The molecule has 2 aromatic carbocycles. The second-order valence-electron chi connectivity index (χ2n) is 7.90. The molecule has 1 saturated heterocycles. The molecule has 6 heteroatoms. The SMILES string of the molecule is O=C(CN1CCN(CCc2ccccc2)CC1)NCc1ccc(-c2ccc(Cl)cc2)o1. The van der Waals surface area contributed by atoms with Gasteiger partial charge in [0.15, 0.2) is 0 Å². The van der Waals surface area contributed by atoms with Gasteiger partial charge in [0.2, 0.25) is 5.91 Å². The Kier molecular flexibility index (Phi) is 7.41. The minimum absolute atomic E-state index is 0.0298. The third kappa shape index (κ3) is 6.44. The number of amides is 1. The predicted molar refractivity (Wildman–Crippen MR) is 124 cm³/mol. The molecule has 0 atom stereocenters. The Hall–Kier alpha value is -2.60. The summed E-state index contributed by atoms with van der Waals surface area (Å²) in [6.45, 7) is 5.73. The first-order chi connectivity index (χ1) is 15.2. The van der Waals surface area contributed by atoms with Gasteiger partial charge in [-0.15, -0.1) is 0 Å². The van der Waals surface area contributed by atoms with Crippen LogP contribution in [0.3, 0.4) is 0 Å². The molecule has 0 saturated carbocycles. The maximum Gasteiger partial charge on any atom is 0.234 e. The van der Waals surface area contributed by atoms with Gasteiger partial charge in [-0.1, -0.05) is 41.9 Å². The first-order valence-corrected chi connectivity index (χ1v) is 11.1. The number of hydrogen-bond donors (Lipinski definition) is 1. The number of furan rings is 1. The van der Waals surface area contributed by atoms with Crippen molar-refractivity contribution in [2.45, 2.75) is 13.0 Å². The predicted octanol–water partition coefficient (Wildman–Crippen LogP) is 4.08. The van der Waals surface area contributed by atoms with Crippen LogP contribution in [0.25, 0.3) is 11.3 Å². The molecule has 1 aliphatic rings. The highest BCUT2D eigenvalue weighted by atomic mass is 35.5.